The maximum Gasteiger partial charge on any atom is 0.243 e. The average molecular weight is 645 g/mol. The standard InChI is InChI=1S/C33H48N4O7S/c1-5-23(4)31(36-32(39)27-12-9-17-34-27)33(40)35-26(15-13-24-10-7-6-8-11-24)28(38)20-37(19-22(2)3)45(41,42)25-14-16-29-30(18-25)44-21-43-29/h6-8,10-11,14,16,18,22-23,26-28,31,34,38H,5,9,12-13,15,17,19-21H2,1-4H3,(H,35,40)(H,36,39)/t23?,26-,27-,28+,31-/m0/s1. The molecule has 0 aliphatic carbocycles. The molecule has 2 aliphatic heterocycles. The van der Waals surface area contributed by atoms with Gasteiger partial charge in [-0.1, -0.05) is 64.4 Å². The number of carbonyl (C=O) groups excluding carboxylic acids is 2. The molecule has 4 rings (SSSR count). The summed E-state index contributed by atoms with van der Waals surface area (Å²) in [5, 5.41) is 20.8. The van der Waals surface area contributed by atoms with Crippen molar-refractivity contribution in [2.75, 3.05) is 26.4 Å². The fraction of sp³-hybridized carbons (Fsp3) is 0.576. The molecular formula is C33H48N4O7S. The highest BCUT2D eigenvalue weighted by atomic mass is 32.2. The van der Waals surface area contributed by atoms with Crippen molar-refractivity contribution in [3.8, 4) is 11.5 Å². The first-order valence-electron chi connectivity index (χ1n) is 16.0. The van der Waals surface area contributed by atoms with Gasteiger partial charge >= 0.3 is 0 Å². The Kier molecular flexibility index (Phi) is 12.2. The predicted octanol–water partition coefficient (Wildman–Crippen LogP) is 2.82. The summed E-state index contributed by atoms with van der Waals surface area (Å²) in [7, 11) is -4.04. The molecule has 0 aromatic heterocycles. The summed E-state index contributed by atoms with van der Waals surface area (Å²) in [5.74, 6) is 0.00699. The Labute approximate surface area is 267 Å². The van der Waals surface area contributed by atoms with Crippen LogP contribution >= 0.6 is 0 Å². The predicted molar refractivity (Wildman–Crippen MR) is 171 cm³/mol. The number of amides is 2. The molecule has 2 amide bonds. The number of ether oxygens (including phenoxy) is 2. The molecule has 1 fully saturated rings. The molecule has 5 atom stereocenters. The van der Waals surface area contributed by atoms with E-state index in [2.05, 4.69) is 16.0 Å². The molecule has 2 aromatic carbocycles. The lowest BCUT2D eigenvalue weighted by molar-refractivity contribution is -0.132. The Balaban J connectivity index is 1.56. The molecule has 0 spiro atoms. The van der Waals surface area contributed by atoms with Crippen molar-refractivity contribution in [2.24, 2.45) is 11.8 Å². The SMILES string of the molecule is CCC(C)[C@H](NC(=O)[C@@H]1CCCN1)C(=O)N[C@@H](CCc1ccccc1)[C@H](O)CN(CC(C)C)S(=O)(=O)c1ccc2c(c1)OCO2. The zero-order valence-electron chi connectivity index (χ0n) is 26.7. The van der Waals surface area contributed by atoms with Gasteiger partial charge in [0.15, 0.2) is 11.5 Å². The Morgan fingerprint density at radius 2 is 1.78 bits per heavy atom. The summed E-state index contributed by atoms with van der Waals surface area (Å²) in [5.41, 5.74) is 1.02. The summed E-state index contributed by atoms with van der Waals surface area (Å²) in [6.07, 6.45) is 1.95. The number of aliphatic hydroxyl groups excluding tert-OH is 1. The molecule has 2 aliphatic rings. The van der Waals surface area contributed by atoms with Crippen molar-refractivity contribution < 1.29 is 32.6 Å². The van der Waals surface area contributed by atoms with Crippen LogP contribution in [0.5, 0.6) is 11.5 Å². The van der Waals surface area contributed by atoms with Crippen molar-refractivity contribution in [1.82, 2.24) is 20.3 Å². The molecule has 12 heteroatoms. The number of aryl methyl sites for hydroxylation is 1. The normalized spacial score (nSPS) is 18.9. The van der Waals surface area contributed by atoms with Gasteiger partial charge in [-0.2, -0.15) is 4.31 Å². The van der Waals surface area contributed by atoms with Gasteiger partial charge in [0, 0.05) is 19.2 Å². The van der Waals surface area contributed by atoms with Gasteiger partial charge in [0.2, 0.25) is 28.6 Å². The van der Waals surface area contributed by atoms with Gasteiger partial charge in [0.1, 0.15) is 6.04 Å². The Morgan fingerprint density at radius 3 is 2.44 bits per heavy atom. The lowest BCUT2D eigenvalue weighted by Crippen LogP contribution is -2.58. The molecule has 45 heavy (non-hydrogen) atoms. The minimum atomic E-state index is -4.04. The van der Waals surface area contributed by atoms with Gasteiger partial charge in [0.05, 0.1) is 23.1 Å². The van der Waals surface area contributed by atoms with E-state index < -0.39 is 34.1 Å². The summed E-state index contributed by atoms with van der Waals surface area (Å²) in [4.78, 5) is 26.8. The highest BCUT2D eigenvalue weighted by Gasteiger charge is 2.35. The molecule has 2 aromatic rings. The number of benzene rings is 2. The van der Waals surface area contributed by atoms with Crippen LogP contribution in [0.15, 0.2) is 53.4 Å². The number of nitrogens with one attached hydrogen (secondary N) is 3. The van der Waals surface area contributed by atoms with Crippen LogP contribution in [0.2, 0.25) is 0 Å². The van der Waals surface area contributed by atoms with Gasteiger partial charge in [-0.25, -0.2) is 8.42 Å². The van der Waals surface area contributed by atoms with E-state index >= 15 is 0 Å². The minimum Gasteiger partial charge on any atom is -0.454 e. The van der Waals surface area contributed by atoms with Gasteiger partial charge < -0.3 is 30.5 Å². The third-order valence-electron chi connectivity index (χ3n) is 8.49. The third kappa shape index (κ3) is 9.18. The Morgan fingerprint density at radius 1 is 1.04 bits per heavy atom. The lowest BCUT2D eigenvalue weighted by atomic mass is 9.95. The van der Waals surface area contributed by atoms with E-state index in [1.165, 1.54) is 16.4 Å². The highest BCUT2D eigenvalue weighted by molar-refractivity contribution is 7.89. The number of rotatable bonds is 16. The van der Waals surface area contributed by atoms with Gasteiger partial charge in [-0.3, -0.25) is 9.59 Å². The second kappa shape index (κ2) is 15.9. The highest BCUT2D eigenvalue weighted by Crippen LogP contribution is 2.35. The molecule has 4 N–H and O–H groups in total. The Hall–Kier alpha value is -3.19. The smallest absolute Gasteiger partial charge is 0.243 e. The van der Waals surface area contributed by atoms with E-state index in [1.54, 1.807) is 6.07 Å². The van der Waals surface area contributed by atoms with Crippen LogP contribution < -0.4 is 25.4 Å². The van der Waals surface area contributed by atoms with Crippen LogP contribution in [0.4, 0.5) is 0 Å². The molecule has 11 nitrogen and oxygen atoms in total. The maximum atomic E-state index is 13.9. The van der Waals surface area contributed by atoms with Crippen molar-refractivity contribution in [3.63, 3.8) is 0 Å². The average Bonchev–Trinajstić information content (AvgIpc) is 3.73. The first-order valence-corrected chi connectivity index (χ1v) is 17.4. The summed E-state index contributed by atoms with van der Waals surface area (Å²) in [6.45, 7) is 8.37. The van der Waals surface area contributed by atoms with E-state index in [0.29, 0.717) is 37.2 Å². The van der Waals surface area contributed by atoms with Crippen molar-refractivity contribution in [3.05, 3.63) is 54.1 Å². The van der Waals surface area contributed by atoms with Crippen molar-refractivity contribution >= 4 is 21.8 Å². The number of hydrogen-bond acceptors (Lipinski definition) is 8. The first-order chi connectivity index (χ1) is 21.5. The van der Waals surface area contributed by atoms with Crippen LogP contribution in [-0.4, -0.2) is 80.3 Å². The summed E-state index contributed by atoms with van der Waals surface area (Å²) < 4.78 is 39.8. The summed E-state index contributed by atoms with van der Waals surface area (Å²) in [6, 6.07) is 12.2. The largest absolute Gasteiger partial charge is 0.454 e. The first kappa shape index (κ1) is 34.7. The zero-order valence-corrected chi connectivity index (χ0v) is 27.5. The van der Waals surface area contributed by atoms with Gasteiger partial charge in [0.25, 0.3) is 0 Å². The molecule has 0 bridgehead atoms. The zero-order chi connectivity index (χ0) is 32.6. The molecule has 2 heterocycles. The topological polar surface area (TPSA) is 146 Å². The van der Waals surface area contributed by atoms with Crippen LogP contribution in [0.25, 0.3) is 0 Å². The number of nitrogens with zero attached hydrogens (tertiary/aromatic N) is 1. The Bertz CT molecular complexity index is 1380. The maximum absolute atomic E-state index is 13.9. The molecular weight excluding hydrogens is 596 g/mol. The van der Waals surface area contributed by atoms with E-state index in [4.69, 9.17) is 9.47 Å². The molecule has 0 radical (unpaired) electrons. The van der Waals surface area contributed by atoms with Crippen LogP contribution in [-0.2, 0) is 26.0 Å². The quantitative estimate of drug-likeness (QED) is 0.218. The van der Waals surface area contributed by atoms with Crippen LogP contribution in [0.3, 0.4) is 0 Å². The van der Waals surface area contributed by atoms with Crippen molar-refractivity contribution in [1.29, 1.82) is 0 Å². The number of hydrogen-bond donors (Lipinski definition) is 4. The molecule has 0 saturated carbocycles. The lowest BCUT2D eigenvalue weighted by Gasteiger charge is -2.32. The number of carbonyl (C=O) groups is 2. The van der Waals surface area contributed by atoms with Gasteiger partial charge in [-0.05, 0) is 61.8 Å². The third-order valence-corrected chi connectivity index (χ3v) is 10.3. The van der Waals surface area contributed by atoms with Crippen molar-refractivity contribution in [2.45, 2.75) is 88.9 Å². The molecule has 1 saturated heterocycles. The van der Waals surface area contributed by atoms with E-state index in [9.17, 15) is 23.1 Å². The fourth-order valence-electron chi connectivity index (χ4n) is 5.66. The number of fused-ring (bicyclic) bond motifs is 1. The van der Waals surface area contributed by atoms with E-state index in [-0.39, 0.29) is 48.6 Å². The van der Waals surface area contributed by atoms with E-state index in [0.717, 1.165) is 18.5 Å². The van der Waals surface area contributed by atoms with Crippen LogP contribution in [0, 0.1) is 11.8 Å². The van der Waals surface area contributed by atoms with Gasteiger partial charge in [-0.15, -0.1) is 0 Å². The van der Waals surface area contributed by atoms with E-state index in [1.807, 2.05) is 58.0 Å². The number of sulfonamides is 1. The summed E-state index contributed by atoms with van der Waals surface area (Å²) >= 11 is 0. The second-order valence-electron chi connectivity index (χ2n) is 12.5. The molecule has 248 valence electrons. The van der Waals surface area contributed by atoms with Crippen LogP contribution in [0.1, 0.15) is 58.9 Å². The number of aliphatic hydroxyl groups is 1. The second-order valence-corrected chi connectivity index (χ2v) is 14.4. The monoisotopic (exact) mass is 644 g/mol. The fourth-order valence-corrected chi connectivity index (χ4v) is 7.30. The minimum absolute atomic E-state index is 0.0192. The molecule has 1 unspecified atom stereocenters.